The molecular weight excluding hydrogens is 290 g/mol. The molecule has 1 aromatic rings. The number of hydrogen-bond acceptors (Lipinski definition) is 4. The highest BCUT2D eigenvalue weighted by atomic mass is 35.5. The maximum atomic E-state index is 12.0. The Morgan fingerprint density at radius 1 is 1.50 bits per heavy atom. The van der Waals surface area contributed by atoms with Crippen LogP contribution in [0.3, 0.4) is 0 Å². The van der Waals surface area contributed by atoms with Crippen LogP contribution in [-0.4, -0.2) is 26.0 Å². The third-order valence-corrected chi connectivity index (χ3v) is 6.73. The van der Waals surface area contributed by atoms with E-state index < -0.39 is 14.6 Å². The number of sulfone groups is 1. The molecule has 1 N–H and O–H groups in total. The molecule has 0 aliphatic rings. The van der Waals surface area contributed by atoms with E-state index in [0.717, 1.165) is 17.8 Å². The van der Waals surface area contributed by atoms with Gasteiger partial charge in [-0.25, -0.2) is 8.42 Å². The van der Waals surface area contributed by atoms with E-state index in [-0.39, 0.29) is 6.04 Å². The van der Waals surface area contributed by atoms with Crippen molar-refractivity contribution in [1.82, 2.24) is 5.32 Å². The molecule has 1 rings (SSSR count). The number of halogens is 1. The minimum Gasteiger partial charge on any atom is -0.308 e. The fraction of sp³-hybridized carbons (Fsp3) is 0.667. The Labute approximate surface area is 118 Å². The van der Waals surface area contributed by atoms with Gasteiger partial charge in [0.15, 0.2) is 9.84 Å². The van der Waals surface area contributed by atoms with Crippen LogP contribution in [0.4, 0.5) is 0 Å². The van der Waals surface area contributed by atoms with Crippen molar-refractivity contribution >= 4 is 32.8 Å². The van der Waals surface area contributed by atoms with Crippen molar-refractivity contribution in [2.75, 3.05) is 12.8 Å². The topological polar surface area (TPSA) is 46.2 Å². The van der Waals surface area contributed by atoms with Crippen molar-refractivity contribution in [1.29, 1.82) is 0 Å². The van der Waals surface area contributed by atoms with Crippen molar-refractivity contribution in [2.24, 2.45) is 0 Å². The summed E-state index contributed by atoms with van der Waals surface area (Å²) >= 11 is 7.64. The average molecular weight is 310 g/mol. The van der Waals surface area contributed by atoms with Crippen LogP contribution in [0.5, 0.6) is 0 Å². The van der Waals surface area contributed by atoms with Crippen LogP contribution in [-0.2, 0) is 9.84 Å². The lowest BCUT2D eigenvalue weighted by molar-refractivity contribution is 0.425. The zero-order valence-corrected chi connectivity index (χ0v) is 13.5. The molecular formula is C12H20ClNO2S2. The fourth-order valence-corrected chi connectivity index (χ4v) is 3.80. The summed E-state index contributed by atoms with van der Waals surface area (Å²) in [5.74, 6) is 0. The maximum absolute atomic E-state index is 12.0. The van der Waals surface area contributed by atoms with Crippen LogP contribution in [0, 0.1) is 0 Å². The molecule has 0 aromatic carbocycles. The number of nitrogens with one attached hydrogen (secondary N) is 1. The van der Waals surface area contributed by atoms with Crippen LogP contribution in [0.15, 0.2) is 11.4 Å². The van der Waals surface area contributed by atoms with Crippen molar-refractivity contribution < 1.29 is 8.42 Å². The quantitative estimate of drug-likeness (QED) is 0.877. The smallest absolute Gasteiger partial charge is 0.154 e. The second-order valence-electron chi connectivity index (χ2n) is 4.90. The molecule has 1 unspecified atom stereocenters. The Morgan fingerprint density at radius 2 is 2.11 bits per heavy atom. The van der Waals surface area contributed by atoms with Gasteiger partial charge in [0, 0.05) is 11.1 Å². The second-order valence-corrected chi connectivity index (χ2v) is 8.85. The summed E-state index contributed by atoms with van der Waals surface area (Å²) in [5, 5.41) is 5.82. The van der Waals surface area contributed by atoms with Crippen LogP contribution >= 0.6 is 22.9 Å². The van der Waals surface area contributed by atoms with Gasteiger partial charge in [0.1, 0.15) is 0 Å². The van der Waals surface area contributed by atoms with E-state index in [9.17, 15) is 8.42 Å². The molecule has 0 saturated carbocycles. The molecule has 0 aliphatic carbocycles. The molecule has 1 atom stereocenters. The van der Waals surface area contributed by atoms with Gasteiger partial charge in [-0.2, -0.15) is 0 Å². The standard InChI is InChI=1S/C12H20ClNO2S2/c1-5-7-14-11(10-9(13)6-8-17-10)12(2,3)18(4,15)16/h6,8,11,14H,5,7H2,1-4H3. The first-order valence-electron chi connectivity index (χ1n) is 5.87. The van der Waals surface area contributed by atoms with E-state index in [2.05, 4.69) is 5.32 Å². The molecule has 6 heteroatoms. The number of hydrogen-bond donors (Lipinski definition) is 1. The molecule has 104 valence electrons. The molecule has 0 saturated heterocycles. The third kappa shape index (κ3) is 3.26. The highest BCUT2D eigenvalue weighted by Crippen LogP contribution is 2.38. The van der Waals surface area contributed by atoms with Gasteiger partial charge in [-0.1, -0.05) is 18.5 Å². The molecule has 0 amide bonds. The van der Waals surface area contributed by atoms with E-state index in [4.69, 9.17) is 11.6 Å². The summed E-state index contributed by atoms with van der Waals surface area (Å²) in [6, 6.07) is 1.53. The molecule has 0 fully saturated rings. The van der Waals surface area contributed by atoms with Crippen LogP contribution in [0.1, 0.15) is 38.1 Å². The highest BCUT2D eigenvalue weighted by Gasteiger charge is 2.41. The molecule has 0 spiro atoms. The summed E-state index contributed by atoms with van der Waals surface area (Å²) in [5.41, 5.74) is 0. The average Bonchev–Trinajstić information content (AvgIpc) is 2.63. The maximum Gasteiger partial charge on any atom is 0.154 e. The summed E-state index contributed by atoms with van der Waals surface area (Å²) in [4.78, 5) is 0.889. The predicted molar refractivity (Wildman–Crippen MR) is 79.3 cm³/mol. The van der Waals surface area contributed by atoms with E-state index in [0.29, 0.717) is 5.02 Å². The van der Waals surface area contributed by atoms with E-state index in [1.54, 1.807) is 19.9 Å². The third-order valence-electron chi connectivity index (χ3n) is 3.16. The highest BCUT2D eigenvalue weighted by molar-refractivity contribution is 7.92. The normalized spacial score (nSPS) is 14.7. The summed E-state index contributed by atoms with van der Waals surface area (Å²) < 4.78 is 23.1. The monoisotopic (exact) mass is 309 g/mol. The fourth-order valence-electron chi connectivity index (χ4n) is 1.67. The Bertz CT molecular complexity index is 494. The molecule has 0 radical (unpaired) electrons. The Morgan fingerprint density at radius 3 is 2.50 bits per heavy atom. The van der Waals surface area contributed by atoms with Gasteiger partial charge in [-0.15, -0.1) is 11.3 Å². The summed E-state index contributed by atoms with van der Waals surface area (Å²) in [6.45, 7) is 6.29. The number of rotatable bonds is 6. The van der Waals surface area contributed by atoms with Gasteiger partial charge >= 0.3 is 0 Å². The molecule has 3 nitrogen and oxygen atoms in total. The zero-order valence-electron chi connectivity index (χ0n) is 11.2. The molecule has 1 aromatic heterocycles. The van der Waals surface area contributed by atoms with Crippen molar-refractivity contribution in [3.8, 4) is 0 Å². The Kier molecular flexibility index (Phi) is 5.23. The van der Waals surface area contributed by atoms with E-state index in [1.165, 1.54) is 17.6 Å². The summed E-state index contributed by atoms with van der Waals surface area (Å²) in [6.07, 6.45) is 2.22. The van der Waals surface area contributed by atoms with Crippen molar-refractivity contribution in [3.63, 3.8) is 0 Å². The molecule has 0 aliphatic heterocycles. The largest absolute Gasteiger partial charge is 0.308 e. The molecule has 18 heavy (non-hydrogen) atoms. The van der Waals surface area contributed by atoms with Crippen molar-refractivity contribution in [3.05, 3.63) is 21.3 Å². The minimum absolute atomic E-state index is 0.278. The van der Waals surface area contributed by atoms with Crippen LogP contribution in [0.25, 0.3) is 0 Å². The first kappa shape index (κ1) is 16.0. The lowest BCUT2D eigenvalue weighted by Gasteiger charge is -2.33. The zero-order chi connectivity index (χ0) is 14.0. The second kappa shape index (κ2) is 5.90. The first-order valence-corrected chi connectivity index (χ1v) is 9.02. The summed E-state index contributed by atoms with van der Waals surface area (Å²) in [7, 11) is -3.19. The van der Waals surface area contributed by atoms with Gasteiger partial charge in [0.05, 0.1) is 15.8 Å². The van der Waals surface area contributed by atoms with Gasteiger partial charge in [0.25, 0.3) is 0 Å². The van der Waals surface area contributed by atoms with Crippen molar-refractivity contribution in [2.45, 2.75) is 38.0 Å². The van der Waals surface area contributed by atoms with Gasteiger partial charge in [-0.3, -0.25) is 0 Å². The minimum atomic E-state index is -3.19. The Balaban J connectivity index is 3.18. The lowest BCUT2D eigenvalue weighted by atomic mass is 10.0. The van der Waals surface area contributed by atoms with Crippen LogP contribution in [0.2, 0.25) is 5.02 Å². The number of thiophene rings is 1. The van der Waals surface area contributed by atoms with E-state index in [1.807, 2.05) is 12.3 Å². The Hall–Kier alpha value is -0.100. The molecule has 0 bridgehead atoms. The van der Waals surface area contributed by atoms with E-state index >= 15 is 0 Å². The van der Waals surface area contributed by atoms with Crippen LogP contribution < -0.4 is 5.32 Å². The van der Waals surface area contributed by atoms with Gasteiger partial charge in [0.2, 0.25) is 0 Å². The SMILES string of the molecule is CCCNC(c1sccc1Cl)C(C)(C)S(C)(=O)=O. The lowest BCUT2D eigenvalue weighted by Crippen LogP contribution is -2.45. The first-order chi connectivity index (χ1) is 8.21. The van der Waals surface area contributed by atoms with Gasteiger partial charge < -0.3 is 5.32 Å². The molecule has 1 heterocycles. The predicted octanol–water partition coefficient (Wildman–Crippen LogP) is 3.27. The van der Waals surface area contributed by atoms with Gasteiger partial charge in [-0.05, 0) is 38.3 Å².